The van der Waals surface area contributed by atoms with Crippen molar-refractivity contribution in [2.75, 3.05) is 32.9 Å². The Labute approximate surface area is 170 Å². The third-order valence-corrected chi connectivity index (χ3v) is 4.28. The highest BCUT2D eigenvalue weighted by molar-refractivity contribution is 5.79. The van der Waals surface area contributed by atoms with E-state index in [0.717, 1.165) is 51.7 Å². The fourth-order valence-corrected chi connectivity index (χ4v) is 2.80. The van der Waals surface area contributed by atoms with Crippen molar-refractivity contribution in [3.63, 3.8) is 0 Å². The zero-order chi connectivity index (χ0) is 20.2. The van der Waals surface area contributed by atoms with E-state index in [1.54, 1.807) is 0 Å². The third-order valence-electron chi connectivity index (χ3n) is 4.28. The number of hydrogen-bond donors (Lipinski definition) is 2. The maximum Gasteiger partial charge on any atom is 0.191 e. The normalized spacial score (nSPS) is 17.7. The highest BCUT2D eigenvalue weighted by atomic mass is 16.5. The van der Waals surface area contributed by atoms with Crippen molar-refractivity contribution in [1.29, 1.82) is 0 Å². The molecule has 0 aliphatic carbocycles. The van der Waals surface area contributed by atoms with Crippen LogP contribution >= 0.6 is 0 Å². The van der Waals surface area contributed by atoms with Crippen LogP contribution in [-0.2, 0) is 27.4 Å². The van der Waals surface area contributed by atoms with Gasteiger partial charge in [-0.05, 0) is 51.7 Å². The largest absolute Gasteiger partial charge is 0.379 e. The quantitative estimate of drug-likeness (QED) is 0.364. The first-order valence-corrected chi connectivity index (χ1v) is 10.4. The lowest BCUT2D eigenvalue weighted by Crippen LogP contribution is -2.38. The predicted octanol–water partition coefficient (Wildman–Crippen LogP) is 3.25. The van der Waals surface area contributed by atoms with Gasteiger partial charge in [0, 0.05) is 26.3 Å². The molecule has 1 saturated heterocycles. The van der Waals surface area contributed by atoms with Gasteiger partial charge in [-0.1, -0.05) is 24.3 Å². The number of benzene rings is 1. The monoisotopic (exact) mass is 391 g/mol. The van der Waals surface area contributed by atoms with Gasteiger partial charge in [0.15, 0.2) is 5.96 Å². The molecule has 0 bridgehead atoms. The summed E-state index contributed by atoms with van der Waals surface area (Å²) in [6.07, 6.45) is 2.23. The first-order chi connectivity index (χ1) is 13.5. The molecule has 2 rings (SSSR count). The maximum atomic E-state index is 5.87. The van der Waals surface area contributed by atoms with Crippen LogP contribution < -0.4 is 10.6 Å². The van der Waals surface area contributed by atoms with E-state index in [9.17, 15) is 0 Å². The molecule has 1 aliphatic heterocycles. The second-order valence-electron chi connectivity index (χ2n) is 8.05. The van der Waals surface area contributed by atoms with Crippen molar-refractivity contribution >= 4 is 5.96 Å². The van der Waals surface area contributed by atoms with E-state index in [-0.39, 0.29) is 11.7 Å². The molecular weight excluding hydrogens is 354 g/mol. The highest BCUT2D eigenvalue weighted by Gasteiger charge is 2.15. The van der Waals surface area contributed by atoms with E-state index in [1.807, 2.05) is 0 Å². The van der Waals surface area contributed by atoms with E-state index < -0.39 is 0 Å². The molecule has 1 aliphatic rings. The van der Waals surface area contributed by atoms with Crippen LogP contribution in [0, 0.1) is 0 Å². The van der Waals surface area contributed by atoms with E-state index in [2.05, 4.69) is 62.6 Å². The van der Waals surface area contributed by atoms with Gasteiger partial charge in [0.1, 0.15) is 0 Å². The Hall–Kier alpha value is -1.63. The van der Waals surface area contributed by atoms with E-state index in [0.29, 0.717) is 13.2 Å². The number of nitrogens with one attached hydrogen (secondary N) is 2. The van der Waals surface area contributed by atoms with Crippen LogP contribution in [0.4, 0.5) is 0 Å². The minimum absolute atomic E-state index is 0.134. The molecule has 0 saturated carbocycles. The zero-order valence-corrected chi connectivity index (χ0v) is 17.9. The van der Waals surface area contributed by atoms with Crippen molar-refractivity contribution in [2.24, 2.45) is 4.99 Å². The molecule has 1 heterocycles. The Kier molecular flexibility index (Phi) is 9.75. The summed E-state index contributed by atoms with van der Waals surface area (Å²) in [6, 6.07) is 8.43. The van der Waals surface area contributed by atoms with Crippen LogP contribution in [0.2, 0.25) is 0 Å². The standard InChI is InChI=1S/C22H37N3O3/c1-5-23-21(24-11-7-12-27-20-10-13-26-17-20)25-15-18-8-6-9-19(14-18)16-28-22(2,3)4/h6,8-9,14,20H,5,7,10-13,15-17H2,1-4H3,(H2,23,24,25). The molecule has 0 radical (unpaired) electrons. The Morgan fingerprint density at radius 1 is 1.25 bits per heavy atom. The molecule has 0 spiro atoms. The van der Waals surface area contributed by atoms with Crippen molar-refractivity contribution in [2.45, 2.75) is 65.4 Å². The average molecular weight is 392 g/mol. The lowest BCUT2D eigenvalue weighted by atomic mass is 10.1. The summed E-state index contributed by atoms with van der Waals surface area (Å²) in [6.45, 7) is 13.5. The van der Waals surface area contributed by atoms with Gasteiger partial charge in [-0.15, -0.1) is 0 Å². The van der Waals surface area contributed by atoms with Crippen LogP contribution in [0.15, 0.2) is 29.3 Å². The number of nitrogens with zero attached hydrogens (tertiary/aromatic N) is 1. The van der Waals surface area contributed by atoms with Gasteiger partial charge in [-0.3, -0.25) is 0 Å². The lowest BCUT2D eigenvalue weighted by molar-refractivity contribution is -0.0149. The highest BCUT2D eigenvalue weighted by Crippen LogP contribution is 2.13. The first-order valence-electron chi connectivity index (χ1n) is 10.4. The van der Waals surface area contributed by atoms with Crippen molar-refractivity contribution in [3.05, 3.63) is 35.4 Å². The average Bonchev–Trinajstić information content (AvgIpc) is 3.17. The number of guanidine groups is 1. The molecule has 0 aromatic heterocycles. The van der Waals surface area contributed by atoms with Crippen LogP contribution in [0.25, 0.3) is 0 Å². The molecule has 0 amide bonds. The molecule has 1 aromatic carbocycles. The number of hydrogen-bond acceptors (Lipinski definition) is 4. The second kappa shape index (κ2) is 12.0. The summed E-state index contributed by atoms with van der Waals surface area (Å²) in [5, 5.41) is 6.68. The van der Waals surface area contributed by atoms with E-state index in [4.69, 9.17) is 19.2 Å². The Morgan fingerprint density at radius 3 is 2.79 bits per heavy atom. The van der Waals surface area contributed by atoms with E-state index >= 15 is 0 Å². The molecule has 28 heavy (non-hydrogen) atoms. The number of rotatable bonds is 10. The van der Waals surface area contributed by atoms with Crippen LogP contribution in [0.5, 0.6) is 0 Å². The molecule has 6 nitrogen and oxygen atoms in total. The smallest absolute Gasteiger partial charge is 0.191 e. The van der Waals surface area contributed by atoms with Crippen molar-refractivity contribution in [1.82, 2.24) is 10.6 Å². The SMILES string of the molecule is CCNC(=NCc1cccc(COC(C)(C)C)c1)NCCCOC1CCOC1. The topological polar surface area (TPSA) is 64.1 Å². The summed E-state index contributed by atoms with van der Waals surface area (Å²) >= 11 is 0. The molecule has 1 aromatic rings. The summed E-state index contributed by atoms with van der Waals surface area (Å²) in [5.41, 5.74) is 2.22. The van der Waals surface area contributed by atoms with Gasteiger partial charge in [-0.2, -0.15) is 0 Å². The second-order valence-corrected chi connectivity index (χ2v) is 8.05. The van der Waals surface area contributed by atoms with Crippen LogP contribution in [-0.4, -0.2) is 50.6 Å². The Bertz CT molecular complexity index is 593. The fourth-order valence-electron chi connectivity index (χ4n) is 2.80. The van der Waals surface area contributed by atoms with Crippen LogP contribution in [0.1, 0.15) is 51.7 Å². The van der Waals surface area contributed by atoms with Crippen molar-refractivity contribution < 1.29 is 14.2 Å². The summed E-state index contributed by atoms with van der Waals surface area (Å²) in [7, 11) is 0. The van der Waals surface area contributed by atoms with Gasteiger partial charge < -0.3 is 24.8 Å². The van der Waals surface area contributed by atoms with Gasteiger partial charge in [0.2, 0.25) is 0 Å². The summed E-state index contributed by atoms with van der Waals surface area (Å²) in [5.74, 6) is 0.836. The summed E-state index contributed by atoms with van der Waals surface area (Å²) in [4.78, 5) is 4.70. The molecule has 6 heteroatoms. The van der Waals surface area contributed by atoms with Gasteiger partial charge >= 0.3 is 0 Å². The maximum absolute atomic E-state index is 5.87. The van der Waals surface area contributed by atoms with Crippen molar-refractivity contribution in [3.8, 4) is 0 Å². The molecule has 2 N–H and O–H groups in total. The molecule has 1 fully saturated rings. The van der Waals surface area contributed by atoms with E-state index in [1.165, 1.54) is 11.1 Å². The summed E-state index contributed by atoms with van der Waals surface area (Å²) < 4.78 is 17.0. The fraction of sp³-hybridized carbons (Fsp3) is 0.682. The van der Waals surface area contributed by atoms with Gasteiger partial charge in [0.05, 0.1) is 31.5 Å². The molecular formula is C22H37N3O3. The number of ether oxygens (including phenoxy) is 3. The van der Waals surface area contributed by atoms with Crippen LogP contribution in [0.3, 0.4) is 0 Å². The third kappa shape index (κ3) is 9.53. The predicted molar refractivity (Wildman–Crippen MR) is 114 cm³/mol. The minimum atomic E-state index is -0.134. The minimum Gasteiger partial charge on any atom is -0.379 e. The first kappa shape index (κ1) is 22.7. The lowest BCUT2D eigenvalue weighted by Gasteiger charge is -2.19. The molecule has 1 unspecified atom stereocenters. The Balaban J connectivity index is 1.75. The van der Waals surface area contributed by atoms with Gasteiger partial charge in [-0.25, -0.2) is 4.99 Å². The molecule has 158 valence electrons. The number of aliphatic imine (C=N–C) groups is 1. The Morgan fingerprint density at radius 2 is 2.07 bits per heavy atom. The molecule has 1 atom stereocenters. The zero-order valence-electron chi connectivity index (χ0n) is 17.9. The van der Waals surface area contributed by atoms with Gasteiger partial charge in [0.25, 0.3) is 0 Å².